The van der Waals surface area contributed by atoms with Gasteiger partial charge in [0.15, 0.2) is 0 Å². The van der Waals surface area contributed by atoms with E-state index in [1.165, 1.54) is 0 Å². The van der Waals surface area contributed by atoms with Crippen molar-refractivity contribution >= 4 is 17.9 Å². The summed E-state index contributed by atoms with van der Waals surface area (Å²) in [7, 11) is 0. The molecular weight excluding hydrogens is 288 g/mol. The van der Waals surface area contributed by atoms with E-state index in [4.69, 9.17) is 9.47 Å². The molecule has 1 rings (SSSR count). The van der Waals surface area contributed by atoms with Gasteiger partial charge in [-0.1, -0.05) is 6.58 Å². The van der Waals surface area contributed by atoms with E-state index >= 15 is 0 Å². The molecule has 0 aromatic carbocycles. The minimum atomic E-state index is -0.487. The minimum Gasteiger partial charge on any atom is -0.466 e. The van der Waals surface area contributed by atoms with Gasteiger partial charge in [0.2, 0.25) is 0 Å². The van der Waals surface area contributed by atoms with Crippen LogP contribution in [0.1, 0.15) is 41.0 Å². The van der Waals surface area contributed by atoms with Gasteiger partial charge in [0.25, 0.3) is 0 Å². The van der Waals surface area contributed by atoms with Crippen LogP contribution in [0.3, 0.4) is 0 Å². The molecule has 22 heavy (non-hydrogen) atoms. The fourth-order valence-corrected chi connectivity index (χ4v) is 1.54. The average Bonchev–Trinajstić information content (AvgIpc) is 3.18. The quantitative estimate of drug-likeness (QED) is 0.440. The zero-order valence-electron chi connectivity index (χ0n) is 14.0. The summed E-state index contributed by atoms with van der Waals surface area (Å²) in [5, 5.41) is 0. The van der Waals surface area contributed by atoms with Gasteiger partial charge in [0, 0.05) is 6.08 Å². The van der Waals surface area contributed by atoms with Crippen molar-refractivity contribution in [2.75, 3.05) is 13.2 Å². The molecule has 1 aliphatic carbocycles. The maximum atomic E-state index is 11.5. The first-order chi connectivity index (χ1) is 10.2. The van der Waals surface area contributed by atoms with Gasteiger partial charge in [-0.05, 0) is 41.0 Å². The van der Waals surface area contributed by atoms with Crippen LogP contribution in [-0.2, 0) is 28.6 Å². The molecule has 0 radical (unpaired) electrons. The lowest BCUT2D eigenvalue weighted by molar-refractivity contribution is -0.159. The third-order valence-electron chi connectivity index (χ3n) is 2.54. The van der Waals surface area contributed by atoms with Crippen LogP contribution in [0.4, 0.5) is 0 Å². The molecule has 2 unspecified atom stereocenters. The number of ether oxygens (including phenoxy) is 3. The van der Waals surface area contributed by atoms with Crippen molar-refractivity contribution in [1.29, 1.82) is 0 Å². The third kappa shape index (κ3) is 8.44. The molecule has 1 fully saturated rings. The van der Waals surface area contributed by atoms with E-state index in [2.05, 4.69) is 11.3 Å². The number of hydrogen-bond donors (Lipinski definition) is 0. The fourth-order valence-electron chi connectivity index (χ4n) is 1.54. The Labute approximate surface area is 131 Å². The van der Waals surface area contributed by atoms with E-state index < -0.39 is 5.60 Å². The van der Waals surface area contributed by atoms with Gasteiger partial charge < -0.3 is 14.2 Å². The standard InChI is InChI=1S/C11H18O4.C5H8O2/c1-5-14-9(12)7-6-8(7)10(13)15-11(2,3)4;1-3-5(6)7-4-2/h7-8H,5-6H2,1-4H3;3H,1,4H2,2H3. The molecule has 0 amide bonds. The van der Waals surface area contributed by atoms with Crippen molar-refractivity contribution in [3.63, 3.8) is 0 Å². The first-order valence-electron chi connectivity index (χ1n) is 7.34. The van der Waals surface area contributed by atoms with E-state index in [1.54, 1.807) is 13.8 Å². The lowest BCUT2D eigenvalue weighted by Gasteiger charge is -2.19. The second-order valence-corrected chi connectivity index (χ2v) is 5.69. The van der Waals surface area contributed by atoms with E-state index in [-0.39, 0.29) is 29.7 Å². The molecular formula is C16H26O6. The van der Waals surface area contributed by atoms with Crippen molar-refractivity contribution < 1.29 is 28.6 Å². The van der Waals surface area contributed by atoms with Gasteiger partial charge in [0.05, 0.1) is 25.0 Å². The molecule has 0 aromatic heterocycles. The summed E-state index contributed by atoms with van der Waals surface area (Å²) >= 11 is 0. The Hall–Kier alpha value is -1.85. The monoisotopic (exact) mass is 314 g/mol. The predicted octanol–water partition coefficient (Wildman–Crippen LogP) is 2.26. The first kappa shape index (κ1) is 20.1. The molecule has 0 spiro atoms. The summed E-state index contributed by atoms with van der Waals surface area (Å²) in [6.45, 7) is 12.9. The molecule has 0 heterocycles. The summed E-state index contributed by atoms with van der Waals surface area (Å²) in [5.74, 6) is -1.50. The molecule has 1 aliphatic rings. The first-order valence-corrected chi connectivity index (χ1v) is 7.34. The smallest absolute Gasteiger partial charge is 0.330 e. The van der Waals surface area contributed by atoms with Crippen LogP contribution in [-0.4, -0.2) is 36.7 Å². The Morgan fingerprint density at radius 1 is 1.05 bits per heavy atom. The Bertz CT molecular complexity index is 407. The zero-order valence-corrected chi connectivity index (χ0v) is 14.0. The molecule has 1 saturated carbocycles. The van der Waals surface area contributed by atoms with E-state index in [1.807, 2.05) is 20.8 Å². The highest BCUT2D eigenvalue weighted by Gasteiger charge is 2.51. The van der Waals surface area contributed by atoms with Crippen molar-refractivity contribution in [2.24, 2.45) is 11.8 Å². The van der Waals surface area contributed by atoms with Crippen LogP contribution >= 0.6 is 0 Å². The highest BCUT2D eigenvalue weighted by Crippen LogP contribution is 2.41. The van der Waals surface area contributed by atoms with Gasteiger partial charge in [0.1, 0.15) is 5.60 Å². The number of rotatable bonds is 5. The molecule has 0 aliphatic heterocycles. The van der Waals surface area contributed by atoms with Crippen LogP contribution in [0, 0.1) is 11.8 Å². The molecule has 126 valence electrons. The summed E-state index contributed by atoms with van der Waals surface area (Å²) < 4.78 is 14.4. The van der Waals surface area contributed by atoms with E-state index in [9.17, 15) is 14.4 Å². The third-order valence-corrected chi connectivity index (χ3v) is 2.54. The van der Waals surface area contributed by atoms with Gasteiger partial charge >= 0.3 is 17.9 Å². The zero-order chi connectivity index (χ0) is 17.3. The van der Waals surface area contributed by atoms with Gasteiger partial charge in [-0.15, -0.1) is 0 Å². The van der Waals surface area contributed by atoms with Crippen LogP contribution in [0.2, 0.25) is 0 Å². The lowest BCUT2D eigenvalue weighted by atomic mass is 10.2. The highest BCUT2D eigenvalue weighted by atomic mass is 16.6. The summed E-state index contributed by atoms with van der Waals surface area (Å²) in [6, 6.07) is 0. The topological polar surface area (TPSA) is 78.9 Å². The van der Waals surface area contributed by atoms with Crippen molar-refractivity contribution in [1.82, 2.24) is 0 Å². The molecule has 6 heteroatoms. The van der Waals surface area contributed by atoms with Crippen LogP contribution in [0.15, 0.2) is 12.7 Å². The Balaban J connectivity index is 0.000000534. The SMILES string of the molecule is C=CC(=O)OCC.CCOC(=O)C1CC1C(=O)OC(C)(C)C. The maximum absolute atomic E-state index is 11.5. The van der Waals surface area contributed by atoms with E-state index in [0.29, 0.717) is 19.6 Å². The Morgan fingerprint density at radius 2 is 1.55 bits per heavy atom. The average molecular weight is 314 g/mol. The van der Waals surface area contributed by atoms with Crippen molar-refractivity contribution in [3.05, 3.63) is 12.7 Å². The van der Waals surface area contributed by atoms with Gasteiger partial charge in [-0.25, -0.2) is 4.79 Å². The van der Waals surface area contributed by atoms with Crippen LogP contribution in [0.25, 0.3) is 0 Å². The summed E-state index contributed by atoms with van der Waals surface area (Å²) in [4.78, 5) is 32.8. The number of esters is 3. The van der Waals surface area contributed by atoms with Gasteiger partial charge in [-0.2, -0.15) is 0 Å². The molecule has 6 nitrogen and oxygen atoms in total. The Morgan fingerprint density at radius 3 is 1.91 bits per heavy atom. The van der Waals surface area contributed by atoms with Crippen LogP contribution in [0.5, 0.6) is 0 Å². The fraction of sp³-hybridized carbons (Fsp3) is 0.688. The second-order valence-electron chi connectivity index (χ2n) is 5.69. The molecule has 0 aromatic rings. The highest BCUT2D eigenvalue weighted by molar-refractivity contribution is 5.87. The Kier molecular flexibility index (Phi) is 8.45. The van der Waals surface area contributed by atoms with Gasteiger partial charge in [-0.3, -0.25) is 9.59 Å². The molecule has 0 bridgehead atoms. The largest absolute Gasteiger partial charge is 0.466 e. The lowest BCUT2D eigenvalue weighted by Crippen LogP contribution is -2.26. The summed E-state index contributed by atoms with van der Waals surface area (Å²) in [5.41, 5.74) is -0.487. The maximum Gasteiger partial charge on any atom is 0.330 e. The minimum absolute atomic E-state index is 0.278. The van der Waals surface area contributed by atoms with E-state index in [0.717, 1.165) is 6.08 Å². The molecule has 0 N–H and O–H groups in total. The number of carbonyl (C=O) groups excluding carboxylic acids is 3. The normalized spacial score (nSPS) is 19.1. The summed E-state index contributed by atoms with van der Waals surface area (Å²) in [6.07, 6.45) is 1.71. The number of hydrogen-bond acceptors (Lipinski definition) is 6. The van der Waals surface area contributed by atoms with Crippen molar-refractivity contribution in [2.45, 2.75) is 46.6 Å². The number of carbonyl (C=O) groups is 3. The molecule has 0 saturated heterocycles. The van der Waals surface area contributed by atoms with Crippen LogP contribution < -0.4 is 0 Å². The predicted molar refractivity (Wildman–Crippen MR) is 80.9 cm³/mol. The second kappa shape index (κ2) is 9.23. The molecule has 2 atom stereocenters. The van der Waals surface area contributed by atoms with Crippen molar-refractivity contribution in [3.8, 4) is 0 Å².